The molecule has 6 heteroatoms. The highest BCUT2D eigenvalue weighted by Crippen LogP contribution is 2.29. The number of amides is 2. The quantitative estimate of drug-likeness (QED) is 0.799. The number of hydrogen-bond acceptors (Lipinski definition) is 4. The smallest absolute Gasteiger partial charge is 0.348 e. The van der Waals surface area contributed by atoms with E-state index in [0.29, 0.717) is 11.5 Å². The van der Waals surface area contributed by atoms with Crippen LogP contribution < -0.4 is 0 Å². The lowest BCUT2D eigenvalue weighted by atomic mass is 9.90. The van der Waals surface area contributed by atoms with Crippen molar-refractivity contribution in [1.29, 1.82) is 0 Å². The fraction of sp³-hybridized carbons (Fsp3) is 0.562. The maximum absolute atomic E-state index is 12.2. The van der Waals surface area contributed by atoms with E-state index in [2.05, 4.69) is 36.0 Å². The Kier molecular flexibility index (Phi) is 3.44. The standard InChI is InChI=1S/C16H22N4O2/c1-8(2)20-15(21)13-14(18-16(20)22)19(5)12-7-10(4)9(3)6-11(12)17-13/h6-8,11-12,15,21H,1-5H3/t11?,12?,15-/m0/s1. The second kappa shape index (κ2) is 5.05. The van der Waals surface area contributed by atoms with Gasteiger partial charge in [0.25, 0.3) is 0 Å². The number of likely N-dealkylation sites (N-methyl/N-ethyl adjacent to an activating group) is 1. The molecule has 0 bridgehead atoms. The third-order valence-electron chi connectivity index (χ3n) is 4.60. The molecule has 0 spiro atoms. The normalized spacial score (nSPS) is 31.2. The van der Waals surface area contributed by atoms with Gasteiger partial charge in [0.05, 0.1) is 12.1 Å². The third-order valence-corrected chi connectivity index (χ3v) is 4.60. The first kappa shape index (κ1) is 15.0. The zero-order chi connectivity index (χ0) is 16.2. The summed E-state index contributed by atoms with van der Waals surface area (Å²) in [5.74, 6) is 0.479. The van der Waals surface area contributed by atoms with Crippen LogP contribution in [0.15, 0.2) is 33.3 Å². The summed E-state index contributed by atoms with van der Waals surface area (Å²) in [6, 6.07) is -0.564. The van der Waals surface area contributed by atoms with Crippen LogP contribution in [0.4, 0.5) is 4.79 Å². The number of hydrogen-bond donors (Lipinski definition) is 1. The second-order valence-electron chi connectivity index (χ2n) is 6.40. The highest BCUT2D eigenvalue weighted by atomic mass is 16.3. The van der Waals surface area contributed by atoms with Crippen molar-refractivity contribution in [3.63, 3.8) is 0 Å². The van der Waals surface area contributed by atoms with Crippen LogP contribution in [0.25, 0.3) is 0 Å². The Bertz CT molecular complexity index is 645. The van der Waals surface area contributed by atoms with Gasteiger partial charge in [0, 0.05) is 13.1 Å². The molecule has 2 amide bonds. The van der Waals surface area contributed by atoms with Gasteiger partial charge in [-0.05, 0) is 27.7 Å². The summed E-state index contributed by atoms with van der Waals surface area (Å²) in [7, 11) is 1.90. The van der Waals surface area contributed by atoms with Gasteiger partial charge in [-0.2, -0.15) is 4.99 Å². The van der Waals surface area contributed by atoms with Gasteiger partial charge in [0.2, 0.25) is 0 Å². The van der Waals surface area contributed by atoms with Crippen molar-refractivity contribution >= 4 is 17.6 Å². The molecule has 3 atom stereocenters. The number of nitrogens with zero attached hydrogens (tertiary/aromatic N) is 4. The third kappa shape index (κ3) is 2.09. The Hall–Kier alpha value is -1.95. The number of aliphatic hydroxyl groups is 1. The lowest BCUT2D eigenvalue weighted by Crippen LogP contribution is -2.61. The van der Waals surface area contributed by atoms with Gasteiger partial charge in [-0.15, -0.1) is 0 Å². The molecule has 0 aromatic heterocycles. The first-order chi connectivity index (χ1) is 10.3. The van der Waals surface area contributed by atoms with E-state index >= 15 is 0 Å². The van der Waals surface area contributed by atoms with Crippen molar-refractivity contribution in [2.24, 2.45) is 9.98 Å². The Morgan fingerprint density at radius 3 is 2.50 bits per heavy atom. The van der Waals surface area contributed by atoms with Crippen molar-refractivity contribution in [3.8, 4) is 0 Å². The summed E-state index contributed by atoms with van der Waals surface area (Å²) in [5, 5.41) is 10.6. The molecule has 118 valence electrons. The highest BCUT2D eigenvalue weighted by molar-refractivity contribution is 6.46. The second-order valence-corrected chi connectivity index (χ2v) is 6.40. The van der Waals surface area contributed by atoms with E-state index in [-0.39, 0.29) is 18.1 Å². The molecular formula is C16H22N4O2. The summed E-state index contributed by atoms with van der Waals surface area (Å²) in [4.78, 5) is 24.3. The maximum atomic E-state index is 12.2. The lowest BCUT2D eigenvalue weighted by Gasteiger charge is -2.44. The summed E-state index contributed by atoms with van der Waals surface area (Å²) in [6.45, 7) is 7.84. The number of rotatable bonds is 1. The van der Waals surface area contributed by atoms with Crippen molar-refractivity contribution in [3.05, 3.63) is 23.3 Å². The van der Waals surface area contributed by atoms with E-state index in [1.165, 1.54) is 16.0 Å². The van der Waals surface area contributed by atoms with Gasteiger partial charge in [-0.25, -0.2) is 4.79 Å². The molecule has 0 saturated heterocycles. The van der Waals surface area contributed by atoms with Crippen molar-refractivity contribution in [2.75, 3.05) is 7.05 Å². The van der Waals surface area contributed by atoms with Crippen LogP contribution in [0.5, 0.6) is 0 Å². The molecular weight excluding hydrogens is 280 g/mol. The number of amidine groups is 1. The van der Waals surface area contributed by atoms with Crippen LogP contribution >= 0.6 is 0 Å². The zero-order valence-corrected chi connectivity index (χ0v) is 13.6. The minimum atomic E-state index is -1.04. The summed E-state index contributed by atoms with van der Waals surface area (Å²) >= 11 is 0. The van der Waals surface area contributed by atoms with Crippen LogP contribution in [-0.2, 0) is 0 Å². The van der Waals surface area contributed by atoms with Gasteiger partial charge < -0.3 is 10.0 Å². The minimum Gasteiger partial charge on any atom is -0.368 e. The SMILES string of the molecule is CC1=CC2N=C3C(=NC(=O)N(C(C)C)[C@H]3O)N(C)C2C=C1C. The fourth-order valence-corrected chi connectivity index (χ4v) is 3.17. The van der Waals surface area contributed by atoms with Gasteiger partial charge in [0.1, 0.15) is 5.71 Å². The van der Waals surface area contributed by atoms with Crippen LogP contribution in [0.1, 0.15) is 27.7 Å². The molecule has 1 aliphatic carbocycles. The fourth-order valence-electron chi connectivity index (χ4n) is 3.17. The number of allylic oxidation sites excluding steroid dienone is 2. The van der Waals surface area contributed by atoms with Crippen molar-refractivity contribution in [1.82, 2.24) is 9.80 Å². The molecule has 2 unspecified atom stereocenters. The zero-order valence-electron chi connectivity index (χ0n) is 13.6. The van der Waals surface area contributed by atoms with Gasteiger partial charge in [0.15, 0.2) is 12.1 Å². The molecule has 3 rings (SSSR count). The predicted molar refractivity (Wildman–Crippen MR) is 86.1 cm³/mol. The monoisotopic (exact) mass is 302 g/mol. The maximum Gasteiger partial charge on any atom is 0.348 e. The predicted octanol–water partition coefficient (Wildman–Crippen LogP) is 1.58. The minimum absolute atomic E-state index is 0.0387. The van der Waals surface area contributed by atoms with Crippen LogP contribution in [0.3, 0.4) is 0 Å². The highest BCUT2D eigenvalue weighted by Gasteiger charge is 2.43. The summed E-state index contributed by atoms with van der Waals surface area (Å²) < 4.78 is 0. The Balaban J connectivity index is 2.08. The molecule has 6 nitrogen and oxygen atoms in total. The summed E-state index contributed by atoms with van der Waals surface area (Å²) in [5.41, 5.74) is 2.88. The van der Waals surface area contributed by atoms with Crippen molar-refractivity contribution in [2.45, 2.75) is 52.0 Å². The van der Waals surface area contributed by atoms with Gasteiger partial charge in [-0.1, -0.05) is 23.3 Å². The Labute approximate surface area is 130 Å². The number of urea groups is 1. The average Bonchev–Trinajstić information content (AvgIpc) is 2.43. The van der Waals surface area contributed by atoms with E-state index in [1.54, 1.807) is 0 Å². The van der Waals surface area contributed by atoms with Crippen LogP contribution in [0, 0.1) is 0 Å². The molecule has 1 N–H and O–H groups in total. The molecule has 2 heterocycles. The van der Waals surface area contributed by atoms with Crippen LogP contribution in [-0.4, -0.2) is 63.9 Å². The molecule has 0 saturated carbocycles. The van der Waals surface area contributed by atoms with Crippen molar-refractivity contribution < 1.29 is 9.90 Å². The molecule has 0 aromatic carbocycles. The van der Waals surface area contributed by atoms with E-state index in [9.17, 15) is 9.90 Å². The lowest BCUT2D eigenvalue weighted by molar-refractivity contribution is 0.0630. The molecule has 3 aliphatic rings. The molecule has 22 heavy (non-hydrogen) atoms. The largest absolute Gasteiger partial charge is 0.368 e. The first-order valence-electron chi connectivity index (χ1n) is 7.58. The summed E-state index contributed by atoms with van der Waals surface area (Å²) in [6.07, 6.45) is 3.22. The number of aliphatic hydroxyl groups excluding tert-OH is 1. The molecule has 0 fully saturated rings. The topological polar surface area (TPSA) is 68.5 Å². The number of carbonyl (C=O) groups is 1. The van der Waals surface area contributed by atoms with E-state index < -0.39 is 12.3 Å². The van der Waals surface area contributed by atoms with E-state index in [4.69, 9.17) is 0 Å². The van der Waals surface area contributed by atoms with E-state index in [1.807, 2.05) is 25.8 Å². The van der Waals surface area contributed by atoms with Gasteiger partial charge >= 0.3 is 6.03 Å². The first-order valence-corrected chi connectivity index (χ1v) is 7.58. The number of aliphatic imine (C=N–C) groups is 2. The Morgan fingerprint density at radius 1 is 1.23 bits per heavy atom. The number of carbonyl (C=O) groups excluding carboxylic acids is 1. The molecule has 0 aromatic rings. The van der Waals surface area contributed by atoms with E-state index in [0.717, 1.165) is 0 Å². The number of fused-ring (bicyclic) bond motifs is 2. The molecule has 0 radical (unpaired) electrons. The average molecular weight is 302 g/mol. The van der Waals surface area contributed by atoms with Gasteiger partial charge in [-0.3, -0.25) is 9.89 Å². The Morgan fingerprint density at radius 2 is 1.86 bits per heavy atom. The molecule has 2 aliphatic heterocycles. The van der Waals surface area contributed by atoms with Crippen LogP contribution in [0.2, 0.25) is 0 Å².